The number of hydrogen-bond acceptors (Lipinski definition) is 5. The average molecular weight is 676 g/mol. The number of hydrogen-bond donors (Lipinski definition) is 1. The van der Waals surface area contributed by atoms with Crippen LogP contribution in [0.4, 0.5) is 5.69 Å². The number of amides is 2. The molecule has 0 aliphatic carbocycles. The molecule has 0 radical (unpaired) electrons. The summed E-state index contributed by atoms with van der Waals surface area (Å²) in [4.78, 5) is 30.0. The molecule has 248 valence electrons. The maximum absolute atomic E-state index is 14.6. The molecule has 2 amide bonds. The van der Waals surface area contributed by atoms with Crippen LogP contribution >= 0.6 is 11.6 Å². The van der Waals surface area contributed by atoms with Crippen LogP contribution in [-0.4, -0.2) is 50.4 Å². The zero-order valence-corrected chi connectivity index (χ0v) is 28.8. The first-order valence-corrected chi connectivity index (χ1v) is 17.5. The molecule has 0 bridgehead atoms. The van der Waals surface area contributed by atoms with Gasteiger partial charge in [0.1, 0.15) is 18.3 Å². The van der Waals surface area contributed by atoms with Gasteiger partial charge in [0.15, 0.2) is 0 Å². The highest BCUT2D eigenvalue weighted by Gasteiger charge is 2.35. The highest BCUT2D eigenvalue weighted by atomic mass is 35.5. The molecule has 0 saturated heterocycles. The van der Waals surface area contributed by atoms with Crippen LogP contribution in [0.15, 0.2) is 108 Å². The van der Waals surface area contributed by atoms with Gasteiger partial charge >= 0.3 is 0 Å². The minimum Gasteiger partial charge on any atom is -0.494 e. The van der Waals surface area contributed by atoms with E-state index in [2.05, 4.69) is 5.32 Å². The van der Waals surface area contributed by atoms with Crippen LogP contribution in [0.3, 0.4) is 0 Å². The molecule has 0 aliphatic rings. The van der Waals surface area contributed by atoms with Gasteiger partial charge in [0.05, 0.1) is 17.2 Å². The van der Waals surface area contributed by atoms with Crippen LogP contribution in [0.5, 0.6) is 5.75 Å². The molecule has 1 N–H and O–H groups in total. The lowest BCUT2D eigenvalue weighted by atomic mass is 10.0. The molecule has 0 aliphatic heterocycles. The van der Waals surface area contributed by atoms with E-state index in [9.17, 15) is 18.0 Å². The molecule has 0 spiro atoms. The zero-order chi connectivity index (χ0) is 34.0. The molecule has 0 heterocycles. The number of nitrogens with zero attached hydrogens (tertiary/aromatic N) is 2. The first-order chi connectivity index (χ1) is 22.5. The van der Waals surface area contributed by atoms with Crippen molar-refractivity contribution in [1.82, 2.24) is 10.2 Å². The lowest BCUT2D eigenvalue weighted by Gasteiger charge is -2.34. The second kappa shape index (κ2) is 16.5. The van der Waals surface area contributed by atoms with Crippen LogP contribution in [0.1, 0.15) is 43.9 Å². The Labute approximate surface area is 283 Å². The average Bonchev–Trinajstić information content (AvgIpc) is 3.07. The van der Waals surface area contributed by atoms with Gasteiger partial charge in [-0.05, 0) is 80.8 Å². The number of carbonyl (C=O) groups excluding carboxylic acids is 2. The topological polar surface area (TPSA) is 96.0 Å². The fourth-order valence-corrected chi connectivity index (χ4v) is 6.66. The van der Waals surface area contributed by atoms with Gasteiger partial charge in [-0.3, -0.25) is 13.9 Å². The van der Waals surface area contributed by atoms with Crippen LogP contribution in [0.2, 0.25) is 5.02 Å². The maximum atomic E-state index is 14.6. The smallest absolute Gasteiger partial charge is 0.264 e. The van der Waals surface area contributed by atoms with E-state index in [0.717, 1.165) is 15.4 Å². The first-order valence-electron chi connectivity index (χ1n) is 15.7. The van der Waals surface area contributed by atoms with Gasteiger partial charge in [-0.25, -0.2) is 8.42 Å². The Balaban J connectivity index is 1.80. The van der Waals surface area contributed by atoms with Gasteiger partial charge in [0.2, 0.25) is 11.8 Å². The number of rotatable bonds is 15. The zero-order valence-electron chi connectivity index (χ0n) is 27.2. The van der Waals surface area contributed by atoms with Crippen molar-refractivity contribution in [3.05, 3.63) is 125 Å². The second-order valence-corrected chi connectivity index (χ2v) is 13.7. The number of carbonyl (C=O) groups is 2. The molecule has 4 aromatic carbocycles. The van der Waals surface area contributed by atoms with Crippen molar-refractivity contribution >= 4 is 39.1 Å². The van der Waals surface area contributed by atoms with Crippen molar-refractivity contribution in [2.45, 2.75) is 64.1 Å². The second-order valence-electron chi connectivity index (χ2n) is 11.4. The summed E-state index contributed by atoms with van der Waals surface area (Å²) in [5.74, 6) is -0.355. The van der Waals surface area contributed by atoms with E-state index in [1.54, 1.807) is 54.6 Å². The van der Waals surface area contributed by atoms with E-state index < -0.39 is 28.5 Å². The summed E-state index contributed by atoms with van der Waals surface area (Å²) in [6.07, 6.45) is 0.916. The molecular formula is C37H42ClN3O5S. The van der Waals surface area contributed by atoms with Crippen molar-refractivity contribution in [3.8, 4) is 5.75 Å². The van der Waals surface area contributed by atoms with E-state index in [-0.39, 0.29) is 29.8 Å². The van der Waals surface area contributed by atoms with E-state index in [1.807, 2.05) is 64.1 Å². The summed E-state index contributed by atoms with van der Waals surface area (Å²) in [6, 6.07) is 28.5. The fraction of sp³-hybridized carbons (Fsp3) is 0.297. The standard InChI is InChI=1S/C37H42ClN3O5S/c1-5-28(4)39-37(43)35(24-29-12-8-7-9-13-29)40(25-30-14-10-11-15-34(30)38)36(42)26-41(31-18-16-27(3)17-19-31)47(44,45)33-22-20-32(21-23-33)46-6-2/h7-23,28,35H,5-6,24-26H2,1-4H3,(H,39,43)/t28-,35+/m1/s1. The van der Waals surface area contributed by atoms with E-state index in [1.165, 1.54) is 17.0 Å². The molecule has 0 aromatic heterocycles. The number of nitrogens with one attached hydrogen (secondary N) is 1. The highest BCUT2D eigenvalue weighted by Crippen LogP contribution is 2.27. The third-order valence-electron chi connectivity index (χ3n) is 7.89. The lowest BCUT2D eigenvalue weighted by Crippen LogP contribution is -2.54. The van der Waals surface area contributed by atoms with Gasteiger partial charge in [-0.1, -0.05) is 84.8 Å². The predicted octanol–water partition coefficient (Wildman–Crippen LogP) is 6.80. The first kappa shape index (κ1) is 35.5. The summed E-state index contributed by atoms with van der Waals surface area (Å²) in [6.45, 7) is 7.49. The largest absolute Gasteiger partial charge is 0.494 e. The number of aryl methyl sites for hydroxylation is 1. The number of ether oxygens (including phenoxy) is 1. The predicted molar refractivity (Wildman–Crippen MR) is 187 cm³/mol. The van der Waals surface area contributed by atoms with Crippen LogP contribution in [-0.2, 0) is 32.6 Å². The number of halogens is 1. The molecule has 4 rings (SSSR count). The minimum absolute atomic E-state index is 0.00216. The van der Waals surface area contributed by atoms with Crippen molar-refractivity contribution in [1.29, 1.82) is 0 Å². The molecule has 10 heteroatoms. The Bertz CT molecular complexity index is 1730. The van der Waals surface area contributed by atoms with Crippen LogP contribution in [0, 0.1) is 6.92 Å². The maximum Gasteiger partial charge on any atom is 0.264 e. The number of anilines is 1. The third-order valence-corrected chi connectivity index (χ3v) is 10.1. The number of benzene rings is 4. The quantitative estimate of drug-likeness (QED) is 0.150. The Hall–Kier alpha value is -4.34. The van der Waals surface area contributed by atoms with Gasteiger partial charge in [0, 0.05) is 24.0 Å². The van der Waals surface area contributed by atoms with E-state index >= 15 is 0 Å². The molecule has 0 unspecified atom stereocenters. The molecule has 0 saturated carbocycles. The molecular weight excluding hydrogens is 634 g/mol. The Morgan fingerprint density at radius 2 is 1.51 bits per heavy atom. The minimum atomic E-state index is -4.23. The monoisotopic (exact) mass is 675 g/mol. The summed E-state index contributed by atoms with van der Waals surface area (Å²) < 4.78 is 35.1. The van der Waals surface area contributed by atoms with Crippen LogP contribution < -0.4 is 14.4 Å². The van der Waals surface area contributed by atoms with Crippen molar-refractivity contribution in [2.75, 3.05) is 17.5 Å². The molecule has 0 fully saturated rings. The summed E-state index contributed by atoms with van der Waals surface area (Å²) in [7, 11) is -4.23. The highest BCUT2D eigenvalue weighted by molar-refractivity contribution is 7.92. The van der Waals surface area contributed by atoms with Crippen molar-refractivity contribution < 1.29 is 22.7 Å². The van der Waals surface area contributed by atoms with Gasteiger partial charge in [-0.15, -0.1) is 0 Å². The summed E-state index contributed by atoms with van der Waals surface area (Å²) in [5.41, 5.74) is 2.74. The summed E-state index contributed by atoms with van der Waals surface area (Å²) in [5, 5.41) is 3.47. The normalized spacial score (nSPS) is 12.5. The van der Waals surface area contributed by atoms with E-state index in [0.29, 0.717) is 35.1 Å². The van der Waals surface area contributed by atoms with Gasteiger partial charge < -0.3 is 15.0 Å². The molecule has 4 aromatic rings. The van der Waals surface area contributed by atoms with E-state index in [4.69, 9.17) is 16.3 Å². The third kappa shape index (κ3) is 9.36. The Morgan fingerprint density at radius 1 is 0.872 bits per heavy atom. The lowest BCUT2D eigenvalue weighted by molar-refractivity contribution is -0.140. The fourth-order valence-electron chi connectivity index (χ4n) is 5.05. The number of sulfonamides is 1. The Morgan fingerprint density at radius 3 is 2.13 bits per heavy atom. The van der Waals surface area contributed by atoms with Crippen molar-refractivity contribution in [2.24, 2.45) is 0 Å². The summed E-state index contributed by atoms with van der Waals surface area (Å²) >= 11 is 6.57. The molecule has 47 heavy (non-hydrogen) atoms. The van der Waals surface area contributed by atoms with Crippen LogP contribution in [0.25, 0.3) is 0 Å². The SMILES string of the molecule is CCOc1ccc(S(=O)(=O)N(CC(=O)N(Cc2ccccc2Cl)[C@@H](Cc2ccccc2)C(=O)N[C@H](C)CC)c2ccc(C)cc2)cc1. The Kier molecular flexibility index (Phi) is 12.4. The molecule has 8 nitrogen and oxygen atoms in total. The molecule has 2 atom stereocenters. The van der Waals surface area contributed by atoms with Gasteiger partial charge in [-0.2, -0.15) is 0 Å². The van der Waals surface area contributed by atoms with Crippen molar-refractivity contribution in [3.63, 3.8) is 0 Å². The van der Waals surface area contributed by atoms with Gasteiger partial charge in [0.25, 0.3) is 10.0 Å².